The highest BCUT2D eigenvalue weighted by molar-refractivity contribution is 5.71. The minimum atomic E-state index is 0.561. The van der Waals surface area contributed by atoms with E-state index in [1.54, 1.807) is 18.0 Å². The Morgan fingerprint density at radius 3 is 2.62 bits per heavy atom. The van der Waals surface area contributed by atoms with Crippen LogP contribution in [0.25, 0.3) is 16.9 Å². The monoisotopic (exact) mass is 346 g/mol. The highest BCUT2D eigenvalue weighted by Crippen LogP contribution is 2.15. The molecule has 4 rings (SSSR count). The number of methoxy groups -OCH3 is 1. The lowest BCUT2D eigenvalue weighted by molar-refractivity contribution is 0.414. The Hall–Kier alpha value is -3.48. The van der Waals surface area contributed by atoms with Crippen LogP contribution in [0.15, 0.2) is 60.8 Å². The summed E-state index contributed by atoms with van der Waals surface area (Å²) in [6.07, 6.45) is 2.55. The largest absolute Gasteiger partial charge is 0.497 e. The SMILES string of the molecule is COc1ccc(CCNc2ncc3nnn(-c4ccccc4)c3n2)cc1. The molecule has 7 heteroatoms. The van der Waals surface area contributed by atoms with Gasteiger partial charge in [-0.25, -0.2) is 4.98 Å². The summed E-state index contributed by atoms with van der Waals surface area (Å²) in [4.78, 5) is 8.88. The molecule has 26 heavy (non-hydrogen) atoms. The van der Waals surface area contributed by atoms with Crippen LogP contribution in [-0.4, -0.2) is 38.6 Å². The molecule has 4 aromatic rings. The summed E-state index contributed by atoms with van der Waals surface area (Å²) in [5, 5.41) is 11.6. The van der Waals surface area contributed by atoms with E-state index in [2.05, 4.69) is 37.7 Å². The second-order valence-electron chi connectivity index (χ2n) is 5.76. The smallest absolute Gasteiger partial charge is 0.224 e. The first-order valence-electron chi connectivity index (χ1n) is 8.34. The van der Waals surface area contributed by atoms with E-state index < -0.39 is 0 Å². The molecule has 0 bridgehead atoms. The van der Waals surface area contributed by atoms with Crippen LogP contribution in [0.3, 0.4) is 0 Å². The molecule has 0 aliphatic carbocycles. The topological polar surface area (TPSA) is 77.8 Å². The van der Waals surface area contributed by atoms with Crippen LogP contribution in [0.2, 0.25) is 0 Å². The number of nitrogens with zero attached hydrogens (tertiary/aromatic N) is 5. The third kappa shape index (κ3) is 3.32. The molecule has 1 N–H and O–H groups in total. The highest BCUT2D eigenvalue weighted by Gasteiger charge is 2.09. The van der Waals surface area contributed by atoms with Crippen LogP contribution in [0.5, 0.6) is 5.75 Å². The Bertz CT molecular complexity index is 998. The van der Waals surface area contributed by atoms with Crippen LogP contribution in [0.4, 0.5) is 5.95 Å². The van der Waals surface area contributed by atoms with Crippen molar-refractivity contribution in [3.63, 3.8) is 0 Å². The van der Waals surface area contributed by atoms with Gasteiger partial charge in [-0.2, -0.15) is 9.67 Å². The van der Waals surface area contributed by atoms with Crippen molar-refractivity contribution in [2.24, 2.45) is 0 Å². The summed E-state index contributed by atoms with van der Waals surface area (Å²) in [5.74, 6) is 1.42. The van der Waals surface area contributed by atoms with Gasteiger partial charge >= 0.3 is 0 Å². The lowest BCUT2D eigenvalue weighted by Crippen LogP contribution is -2.08. The normalized spacial score (nSPS) is 10.8. The first-order valence-corrected chi connectivity index (χ1v) is 8.34. The first-order chi connectivity index (χ1) is 12.8. The minimum absolute atomic E-state index is 0.561. The number of ether oxygens (including phenoxy) is 1. The molecule has 0 saturated carbocycles. The molecule has 0 unspecified atom stereocenters. The maximum atomic E-state index is 5.17. The molecule has 2 heterocycles. The number of hydrogen-bond donors (Lipinski definition) is 1. The summed E-state index contributed by atoms with van der Waals surface area (Å²) >= 11 is 0. The van der Waals surface area contributed by atoms with Crippen molar-refractivity contribution in [2.45, 2.75) is 6.42 Å². The maximum Gasteiger partial charge on any atom is 0.224 e. The van der Waals surface area contributed by atoms with Gasteiger partial charge in [-0.15, -0.1) is 5.10 Å². The Balaban J connectivity index is 1.48. The van der Waals surface area contributed by atoms with Gasteiger partial charge in [0.25, 0.3) is 0 Å². The molecule has 0 saturated heterocycles. The van der Waals surface area contributed by atoms with E-state index in [1.807, 2.05) is 42.5 Å². The van der Waals surface area contributed by atoms with Crippen LogP contribution in [-0.2, 0) is 6.42 Å². The van der Waals surface area contributed by atoms with E-state index in [1.165, 1.54) is 5.56 Å². The molecule has 0 radical (unpaired) electrons. The van der Waals surface area contributed by atoms with Gasteiger partial charge in [-0.05, 0) is 36.2 Å². The van der Waals surface area contributed by atoms with Gasteiger partial charge in [0.2, 0.25) is 5.95 Å². The number of fused-ring (bicyclic) bond motifs is 1. The average Bonchev–Trinajstić information content (AvgIpc) is 3.12. The van der Waals surface area contributed by atoms with Crippen molar-refractivity contribution in [1.29, 1.82) is 0 Å². The number of nitrogens with one attached hydrogen (secondary N) is 1. The van der Waals surface area contributed by atoms with Gasteiger partial charge in [-0.1, -0.05) is 35.5 Å². The van der Waals surface area contributed by atoms with Gasteiger partial charge in [0, 0.05) is 6.54 Å². The zero-order valence-corrected chi connectivity index (χ0v) is 14.3. The van der Waals surface area contributed by atoms with Crippen LogP contribution >= 0.6 is 0 Å². The molecular formula is C19H18N6O. The second-order valence-corrected chi connectivity index (χ2v) is 5.76. The summed E-state index contributed by atoms with van der Waals surface area (Å²) in [5.41, 5.74) is 3.47. The zero-order chi connectivity index (χ0) is 17.8. The second kappa shape index (κ2) is 7.18. The predicted molar refractivity (Wildman–Crippen MR) is 99.6 cm³/mol. The molecule has 0 amide bonds. The number of anilines is 1. The number of para-hydroxylation sites is 1. The van der Waals surface area contributed by atoms with Crippen LogP contribution in [0.1, 0.15) is 5.56 Å². The van der Waals surface area contributed by atoms with Gasteiger partial charge in [0.15, 0.2) is 11.2 Å². The van der Waals surface area contributed by atoms with Gasteiger partial charge in [0.05, 0.1) is 19.0 Å². The Morgan fingerprint density at radius 2 is 1.85 bits per heavy atom. The Labute approximate surface area is 150 Å². The average molecular weight is 346 g/mol. The van der Waals surface area contributed by atoms with E-state index in [-0.39, 0.29) is 0 Å². The van der Waals surface area contributed by atoms with Crippen molar-refractivity contribution in [3.05, 3.63) is 66.4 Å². The summed E-state index contributed by atoms with van der Waals surface area (Å²) in [7, 11) is 1.67. The fraction of sp³-hybridized carbons (Fsp3) is 0.158. The van der Waals surface area contributed by atoms with E-state index in [0.717, 1.165) is 24.4 Å². The molecule has 7 nitrogen and oxygen atoms in total. The molecule has 0 aliphatic rings. The van der Waals surface area contributed by atoms with Gasteiger partial charge in [-0.3, -0.25) is 0 Å². The van der Waals surface area contributed by atoms with Crippen molar-refractivity contribution in [2.75, 3.05) is 19.0 Å². The molecule has 2 aromatic carbocycles. The summed E-state index contributed by atoms with van der Waals surface area (Å²) in [6, 6.07) is 17.8. The van der Waals surface area contributed by atoms with E-state index in [9.17, 15) is 0 Å². The van der Waals surface area contributed by atoms with E-state index >= 15 is 0 Å². The third-order valence-electron chi connectivity index (χ3n) is 4.05. The Morgan fingerprint density at radius 1 is 1.04 bits per heavy atom. The number of benzene rings is 2. The van der Waals surface area contributed by atoms with E-state index in [4.69, 9.17) is 4.74 Å². The highest BCUT2D eigenvalue weighted by atomic mass is 16.5. The molecular weight excluding hydrogens is 328 g/mol. The molecule has 2 aromatic heterocycles. The summed E-state index contributed by atoms with van der Waals surface area (Å²) < 4.78 is 6.89. The lowest BCUT2D eigenvalue weighted by Gasteiger charge is -2.06. The third-order valence-corrected chi connectivity index (χ3v) is 4.05. The minimum Gasteiger partial charge on any atom is -0.497 e. The molecule has 0 fully saturated rings. The fourth-order valence-corrected chi connectivity index (χ4v) is 2.67. The molecule has 0 aliphatic heterocycles. The first kappa shape index (κ1) is 16.0. The number of aromatic nitrogens is 5. The predicted octanol–water partition coefficient (Wildman–Crippen LogP) is 2.87. The fourth-order valence-electron chi connectivity index (χ4n) is 2.67. The van der Waals surface area contributed by atoms with Crippen LogP contribution in [0, 0.1) is 0 Å². The molecule has 0 atom stereocenters. The molecule has 0 spiro atoms. The standard InChI is InChI=1S/C19H18N6O/c1-26-16-9-7-14(8-10-16)11-12-20-19-21-13-17-18(22-19)25(24-23-17)15-5-3-2-4-6-15/h2-10,13H,11-12H2,1H3,(H,20,21,22). The quantitative estimate of drug-likeness (QED) is 0.578. The zero-order valence-electron chi connectivity index (χ0n) is 14.3. The number of hydrogen-bond acceptors (Lipinski definition) is 6. The van der Waals surface area contributed by atoms with Gasteiger partial charge in [0.1, 0.15) is 5.75 Å². The van der Waals surface area contributed by atoms with Gasteiger partial charge < -0.3 is 10.1 Å². The molecule has 130 valence electrons. The maximum absolute atomic E-state index is 5.17. The van der Waals surface area contributed by atoms with E-state index in [0.29, 0.717) is 17.1 Å². The van der Waals surface area contributed by atoms with Crippen molar-refractivity contribution < 1.29 is 4.74 Å². The van der Waals surface area contributed by atoms with Crippen molar-refractivity contribution in [3.8, 4) is 11.4 Å². The van der Waals surface area contributed by atoms with Crippen LogP contribution < -0.4 is 10.1 Å². The van der Waals surface area contributed by atoms with Crippen molar-refractivity contribution >= 4 is 17.1 Å². The Kier molecular flexibility index (Phi) is 4.42. The lowest BCUT2D eigenvalue weighted by atomic mass is 10.1. The number of rotatable bonds is 6. The van der Waals surface area contributed by atoms with Crippen molar-refractivity contribution in [1.82, 2.24) is 25.0 Å². The summed E-state index contributed by atoms with van der Waals surface area (Å²) in [6.45, 7) is 0.727.